The molecule has 0 N–H and O–H groups in total. The highest BCUT2D eigenvalue weighted by molar-refractivity contribution is 7.86. The van der Waals surface area contributed by atoms with E-state index in [1.54, 1.807) is 0 Å². The van der Waals surface area contributed by atoms with Crippen molar-refractivity contribution in [3.05, 3.63) is 96.6 Å². The molecule has 0 spiro atoms. The Labute approximate surface area is 183 Å². The molecule has 2 atom stereocenters. The second kappa shape index (κ2) is 10.5. The molecule has 0 saturated heterocycles. The largest absolute Gasteiger partial charge is 0.282 e. The maximum absolute atomic E-state index is 5.08. The van der Waals surface area contributed by atoms with Gasteiger partial charge in [-0.05, 0) is 17.0 Å². The smallest absolute Gasteiger partial charge is 0.0805 e. The van der Waals surface area contributed by atoms with Crippen LogP contribution in [0.2, 0.25) is 0 Å². The van der Waals surface area contributed by atoms with Crippen LogP contribution in [0.1, 0.15) is 32.3 Å². The maximum atomic E-state index is 5.08. The van der Waals surface area contributed by atoms with E-state index in [0.29, 0.717) is 5.66 Å². The number of nitrogens with zero attached hydrogens (tertiary/aromatic N) is 2. The molecule has 3 aromatic rings. The zero-order chi connectivity index (χ0) is 20.8. The summed E-state index contributed by atoms with van der Waals surface area (Å²) < 4.78 is 2.85. The van der Waals surface area contributed by atoms with Crippen molar-refractivity contribution in [2.24, 2.45) is 4.99 Å². The van der Waals surface area contributed by atoms with Gasteiger partial charge in [0, 0.05) is 40.5 Å². The van der Waals surface area contributed by atoms with Gasteiger partial charge in [0.1, 0.15) is 0 Å². The highest BCUT2D eigenvalue weighted by Gasteiger charge is 2.38. The van der Waals surface area contributed by atoms with Gasteiger partial charge in [0.15, 0.2) is 0 Å². The predicted octanol–water partition coefficient (Wildman–Crippen LogP) is 6.38. The van der Waals surface area contributed by atoms with Gasteiger partial charge < -0.3 is 0 Å². The number of benzene rings is 3. The fourth-order valence-corrected chi connectivity index (χ4v) is 10.5. The molecular weight excluding hydrogens is 402 g/mol. The Morgan fingerprint density at radius 3 is 1.93 bits per heavy atom. The van der Waals surface area contributed by atoms with Crippen molar-refractivity contribution in [2.45, 2.75) is 32.3 Å². The van der Waals surface area contributed by atoms with Gasteiger partial charge in [-0.2, -0.15) is 0 Å². The van der Waals surface area contributed by atoms with E-state index < -0.39 is 16.1 Å². The van der Waals surface area contributed by atoms with E-state index in [1.807, 2.05) is 0 Å². The van der Waals surface area contributed by atoms with E-state index in [4.69, 9.17) is 4.99 Å². The summed E-state index contributed by atoms with van der Waals surface area (Å²) in [5.74, 6) is 0. The second-order valence-electron chi connectivity index (χ2n) is 7.66. The first-order chi connectivity index (χ1) is 14.8. The predicted molar refractivity (Wildman–Crippen MR) is 135 cm³/mol. The molecule has 4 heteroatoms. The van der Waals surface area contributed by atoms with Gasteiger partial charge in [-0.3, -0.25) is 4.99 Å². The van der Waals surface area contributed by atoms with Gasteiger partial charge in [-0.1, -0.05) is 111 Å². The lowest BCUT2D eigenvalue weighted by Gasteiger charge is -2.39. The molecule has 1 heterocycles. The fraction of sp³-hybridized carbons (Fsp3) is 0.269. The molecule has 1 unspecified atom stereocenters. The first kappa shape index (κ1) is 21.4. The van der Waals surface area contributed by atoms with E-state index in [1.165, 1.54) is 34.5 Å². The van der Waals surface area contributed by atoms with Crippen molar-refractivity contribution in [3.8, 4) is 0 Å². The van der Waals surface area contributed by atoms with Crippen molar-refractivity contribution in [1.29, 1.82) is 0 Å². The van der Waals surface area contributed by atoms with Gasteiger partial charge in [-0.15, -0.1) is 0 Å². The average molecular weight is 432 g/mol. The molecule has 1 aliphatic heterocycles. The Morgan fingerprint density at radius 2 is 1.40 bits per heavy atom. The minimum atomic E-state index is -0.599. The van der Waals surface area contributed by atoms with Crippen LogP contribution in [-0.2, 0) is 0 Å². The van der Waals surface area contributed by atoms with Crippen molar-refractivity contribution < 1.29 is 0 Å². The van der Waals surface area contributed by atoms with Gasteiger partial charge >= 0.3 is 0 Å². The molecule has 4 rings (SSSR count). The summed E-state index contributed by atoms with van der Waals surface area (Å²) in [7, 11) is -1.09. The Morgan fingerprint density at radius 1 is 0.867 bits per heavy atom. The lowest BCUT2D eigenvalue weighted by molar-refractivity contribution is 0.639. The average Bonchev–Trinajstić information content (AvgIpc) is 3.19. The van der Waals surface area contributed by atoms with Crippen LogP contribution in [0.3, 0.4) is 0 Å². The van der Waals surface area contributed by atoms with Crippen LogP contribution in [0.25, 0.3) is 0 Å². The topological polar surface area (TPSA) is 15.6 Å². The third-order valence-electron chi connectivity index (χ3n) is 5.36. The minimum absolute atomic E-state index is 0.496. The molecule has 0 saturated carbocycles. The molecule has 154 valence electrons. The first-order valence-electron chi connectivity index (χ1n) is 10.9. The molecule has 0 aliphatic carbocycles. The van der Waals surface area contributed by atoms with Gasteiger partial charge in [0.2, 0.25) is 0 Å². The molecule has 0 fully saturated rings. The van der Waals surface area contributed by atoms with E-state index in [2.05, 4.69) is 109 Å². The fourth-order valence-electron chi connectivity index (χ4n) is 3.88. The number of rotatable bonds is 8. The second-order valence-corrected chi connectivity index (χ2v) is 12.6. The van der Waals surface area contributed by atoms with Crippen LogP contribution in [0, 0.1) is 0 Å². The minimum Gasteiger partial charge on any atom is -0.282 e. The standard InChI is InChI=1S/C26H30N2P2/c1-3-4-20-28(29-22(2)21-27-26(29)23-14-8-5-9-15-23)30(24-16-10-6-11-17-24)25-18-12-7-13-19-25/h5-19,22H,3-4,20-21H2,1-2H3/t22-,29?/m1/s1. The molecule has 0 radical (unpaired) electrons. The molecule has 3 aromatic carbocycles. The summed E-state index contributed by atoms with van der Waals surface area (Å²) in [5, 5.41) is 2.87. The lowest BCUT2D eigenvalue weighted by atomic mass is 10.2. The van der Waals surface area contributed by atoms with Crippen LogP contribution in [0.15, 0.2) is 96.0 Å². The number of hydrogen-bond acceptors (Lipinski definition) is 2. The lowest BCUT2D eigenvalue weighted by Crippen LogP contribution is -2.29. The van der Waals surface area contributed by atoms with Crippen molar-refractivity contribution in [3.63, 3.8) is 0 Å². The third-order valence-corrected chi connectivity index (χ3v) is 11.2. The van der Waals surface area contributed by atoms with Gasteiger partial charge in [0.05, 0.1) is 5.45 Å². The Hall–Kier alpha value is -1.85. The van der Waals surface area contributed by atoms with Crippen molar-refractivity contribution in [1.82, 2.24) is 4.44 Å². The summed E-state index contributed by atoms with van der Waals surface area (Å²) >= 11 is 0. The highest BCUT2D eigenvalue weighted by Crippen LogP contribution is 2.61. The Kier molecular flexibility index (Phi) is 7.45. The molecular formula is C26H30N2P2. The van der Waals surface area contributed by atoms with E-state index in [9.17, 15) is 0 Å². The van der Waals surface area contributed by atoms with Crippen LogP contribution < -0.4 is 10.6 Å². The summed E-state index contributed by atoms with van der Waals surface area (Å²) in [6.45, 7) is 6.75. The van der Waals surface area contributed by atoms with Crippen molar-refractivity contribution >= 4 is 32.2 Å². The highest BCUT2D eigenvalue weighted by atomic mass is 31.2. The van der Waals surface area contributed by atoms with Crippen LogP contribution >= 0.6 is 16.1 Å². The summed E-state index contributed by atoms with van der Waals surface area (Å²) in [6.07, 6.45) is 2.42. The molecule has 0 aromatic heterocycles. The third kappa shape index (κ3) is 4.73. The number of hydrogen-bond donors (Lipinski definition) is 0. The normalized spacial score (nSPS) is 18.7. The Bertz CT molecular complexity index is 905. The number of unbranched alkanes of at least 4 members (excludes halogenated alkanes) is 1. The van der Waals surface area contributed by atoms with Gasteiger partial charge in [0.25, 0.3) is 0 Å². The first-order valence-corrected chi connectivity index (χ1v) is 13.5. The van der Waals surface area contributed by atoms with E-state index >= 15 is 0 Å². The van der Waals surface area contributed by atoms with Crippen LogP contribution in [-0.4, -0.2) is 28.6 Å². The Balaban J connectivity index is 1.80. The maximum Gasteiger partial charge on any atom is 0.0805 e. The molecule has 30 heavy (non-hydrogen) atoms. The van der Waals surface area contributed by atoms with E-state index in [-0.39, 0.29) is 0 Å². The van der Waals surface area contributed by atoms with Crippen molar-refractivity contribution in [2.75, 3.05) is 13.1 Å². The summed E-state index contributed by atoms with van der Waals surface area (Å²) in [6, 6.07) is 33.1. The molecule has 1 aliphatic rings. The molecule has 0 amide bonds. The zero-order valence-corrected chi connectivity index (χ0v) is 19.6. The van der Waals surface area contributed by atoms with Crippen LogP contribution in [0.4, 0.5) is 0 Å². The van der Waals surface area contributed by atoms with Gasteiger partial charge in [-0.25, -0.2) is 4.44 Å². The summed E-state index contributed by atoms with van der Waals surface area (Å²) in [4.78, 5) is 5.08. The molecule has 0 bridgehead atoms. The molecule has 2 nitrogen and oxygen atoms in total. The SMILES string of the molecule is CCCCN(P(c1ccccc1)c1ccccc1)P1C(c2ccccc2)=NC[C@H]1C. The quantitative estimate of drug-likeness (QED) is 0.377. The monoisotopic (exact) mass is 432 g/mol. The summed E-state index contributed by atoms with van der Waals surface area (Å²) in [5.41, 5.74) is 3.20. The number of aliphatic imine (C=N–C) groups is 1. The van der Waals surface area contributed by atoms with Crippen LogP contribution in [0.5, 0.6) is 0 Å². The van der Waals surface area contributed by atoms with E-state index in [0.717, 1.165) is 13.1 Å². The zero-order valence-electron chi connectivity index (χ0n) is 17.9.